The van der Waals surface area contributed by atoms with Crippen LogP contribution in [-0.2, 0) is 4.79 Å². The van der Waals surface area contributed by atoms with E-state index >= 15 is 0 Å². The first kappa shape index (κ1) is 18.9. The van der Waals surface area contributed by atoms with Gasteiger partial charge in [-0.3, -0.25) is 9.59 Å². The number of hydrogen-bond acceptors (Lipinski definition) is 4. The van der Waals surface area contributed by atoms with E-state index in [4.69, 9.17) is 0 Å². The highest BCUT2D eigenvalue weighted by Crippen LogP contribution is 2.21. The van der Waals surface area contributed by atoms with Gasteiger partial charge in [0, 0.05) is 24.3 Å². The third kappa shape index (κ3) is 5.81. The first-order valence-electron chi connectivity index (χ1n) is 9.52. The molecule has 1 saturated carbocycles. The monoisotopic (exact) mass is 366 g/mol. The van der Waals surface area contributed by atoms with Crippen LogP contribution in [0.2, 0.25) is 0 Å². The maximum atomic E-state index is 12.4. The van der Waals surface area contributed by atoms with E-state index in [1.54, 1.807) is 36.5 Å². The molecule has 1 aromatic carbocycles. The molecule has 0 unspecified atom stereocenters. The number of aromatic nitrogens is 1. The molecule has 6 heteroatoms. The smallest absolute Gasteiger partial charge is 0.274 e. The molecule has 2 amide bonds. The Hall–Kier alpha value is -2.89. The van der Waals surface area contributed by atoms with Crippen molar-refractivity contribution in [1.29, 1.82) is 0 Å². The lowest BCUT2D eigenvalue weighted by Gasteiger charge is -2.17. The van der Waals surface area contributed by atoms with E-state index in [0.29, 0.717) is 23.1 Å². The van der Waals surface area contributed by atoms with Gasteiger partial charge in [0.1, 0.15) is 5.69 Å². The highest BCUT2D eigenvalue weighted by Gasteiger charge is 2.13. The molecule has 1 aliphatic rings. The lowest BCUT2D eigenvalue weighted by atomic mass is 10.1. The van der Waals surface area contributed by atoms with Crippen molar-refractivity contribution in [3.63, 3.8) is 0 Å². The topological polar surface area (TPSA) is 83.1 Å². The Bertz CT molecular complexity index is 764. The zero-order valence-electron chi connectivity index (χ0n) is 15.6. The fraction of sp³-hybridized carbons (Fsp3) is 0.381. The molecule has 1 heterocycles. The summed E-state index contributed by atoms with van der Waals surface area (Å²) in [7, 11) is 0. The number of hydrogen-bond donors (Lipinski definition) is 3. The maximum Gasteiger partial charge on any atom is 0.274 e. The number of pyridine rings is 1. The molecule has 142 valence electrons. The summed E-state index contributed by atoms with van der Waals surface area (Å²) in [5.74, 6) is -0.392. The minimum atomic E-state index is -0.261. The van der Waals surface area contributed by atoms with Gasteiger partial charge in [-0.2, -0.15) is 0 Å². The van der Waals surface area contributed by atoms with E-state index in [1.807, 2.05) is 6.07 Å². The van der Waals surface area contributed by atoms with Crippen molar-refractivity contribution in [1.82, 2.24) is 4.98 Å². The van der Waals surface area contributed by atoms with Crippen LogP contribution in [-0.4, -0.2) is 22.8 Å². The van der Waals surface area contributed by atoms with Crippen LogP contribution in [0.4, 0.5) is 17.1 Å². The van der Waals surface area contributed by atoms with Crippen molar-refractivity contribution >= 4 is 28.9 Å². The van der Waals surface area contributed by atoms with Gasteiger partial charge >= 0.3 is 0 Å². The molecule has 3 rings (SSSR count). The predicted octanol–water partition coefficient (Wildman–Crippen LogP) is 4.43. The number of carbonyl (C=O) groups excluding carboxylic acids is 2. The molecule has 27 heavy (non-hydrogen) atoms. The number of nitrogens with one attached hydrogen (secondary N) is 3. The van der Waals surface area contributed by atoms with Crippen LogP contribution >= 0.6 is 0 Å². The third-order valence-electron chi connectivity index (χ3n) is 4.69. The highest BCUT2D eigenvalue weighted by molar-refractivity contribution is 6.03. The Morgan fingerprint density at radius 2 is 1.44 bits per heavy atom. The SMILES string of the molecule is CC(=O)Nc1ccc(NC(=O)c2ccc(NC3CCCCCC3)cn2)cc1. The lowest BCUT2D eigenvalue weighted by Crippen LogP contribution is -2.19. The van der Waals surface area contributed by atoms with Gasteiger partial charge in [-0.05, 0) is 49.2 Å². The second kappa shape index (κ2) is 9.16. The van der Waals surface area contributed by atoms with Crippen LogP contribution in [0.15, 0.2) is 42.6 Å². The summed E-state index contributed by atoms with van der Waals surface area (Å²) >= 11 is 0. The minimum Gasteiger partial charge on any atom is -0.381 e. The van der Waals surface area contributed by atoms with Crippen LogP contribution in [0.1, 0.15) is 55.9 Å². The second-order valence-corrected chi connectivity index (χ2v) is 6.98. The molecule has 0 aliphatic heterocycles. The lowest BCUT2D eigenvalue weighted by molar-refractivity contribution is -0.114. The average Bonchev–Trinajstić information content (AvgIpc) is 2.92. The van der Waals surface area contributed by atoms with Gasteiger partial charge in [0.05, 0.1) is 11.9 Å². The van der Waals surface area contributed by atoms with Gasteiger partial charge in [-0.1, -0.05) is 25.7 Å². The molecular formula is C21H26N4O2. The van der Waals surface area contributed by atoms with E-state index in [0.717, 1.165) is 5.69 Å². The van der Waals surface area contributed by atoms with Gasteiger partial charge in [0.2, 0.25) is 5.91 Å². The number of benzene rings is 1. The summed E-state index contributed by atoms with van der Waals surface area (Å²) in [6, 6.07) is 11.1. The standard InChI is InChI=1S/C21H26N4O2/c1-15(26)23-17-8-10-18(11-9-17)25-21(27)20-13-12-19(14-22-20)24-16-6-4-2-3-5-7-16/h8-14,16,24H,2-7H2,1H3,(H,23,26)(H,25,27). The largest absolute Gasteiger partial charge is 0.381 e. The zero-order chi connectivity index (χ0) is 19.1. The first-order chi connectivity index (χ1) is 13.1. The average molecular weight is 366 g/mol. The van der Waals surface area contributed by atoms with E-state index in [2.05, 4.69) is 20.9 Å². The van der Waals surface area contributed by atoms with Crippen LogP contribution in [0.25, 0.3) is 0 Å². The molecule has 1 aromatic heterocycles. The molecule has 1 aliphatic carbocycles. The summed E-state index contributed by atoms with van der Waals surface area (Å²) in [6.07, 6.45) is 9.29. The number of rotatable bonds is 5. The molecule has 3 N–H and O–H groups in total. The summed E-state index contributed by atoms with van der Waals surface area (Å²) < 4.78 is 0. The van der Waals surface area contributed by atoms with Crippen LogP contribution in [0.3, 0.4) is 0 Å². The molecule has 0 spiro atoms. The van der Waals surface area contributed by atoms with E-state index < -0.39 is 0 Å². The molecule has 2 aromatic rings. The third-order valence-corrected chi connectivity index (χ3v) is 4.69. The fourth-order valence-corrected chi connectivity index (χ4v) is 3.31. The predicted molar refractivity (Wildman–Crippen MR) is 108 cm³/mol. The Morgan fingerprint density at radius 3 is 2.00 bits per heavy atom. The number of anilines is 3. The van der Waals surface area contributed by atoms with Crippen molar-refractivity contribution in [2.75, 3.05) is 16.0 Å². The van der Waals surface area contributed by atoms with Gasteiger partial charge in [-0.25, -0.2) is 4.98 Å². The minimum absolute atomic E-state index is 0.131. The summed E-state index contributed by atoms with van der Waals surface area (Å²) in [5, 5.41) is 9.03. The van der Waals surface area contributed by atoms with Crippen molar-refractivity contribution in [2.24, 2.45) is 0 Å². The Labute approximate surface area is 159 Å². The van der Waals surface area contributed by atoms with Gasteiger partial charge in [0.25, 0.3) is 5.91 Å². The Balaban J connectivity index is 1.56. The van der Waals surface area contributed by atoms with Gasteiger partial charge in [-0.15, -0.1) is 0 Å². The summed E-state index contributed by atoms with van der Waals surface area (Å²) in [6.45, 7) is 1.45. The first-order valence-corrected chi connectivity index (χ1v) is 9.52. The summed E-state index contributed by atoms with van der Waals surface area (Å²) in [4.78, 5) is 27.7. The van der Waals surface area contributed by atoms with E-state index in [9.17, 15) is 9.59 Å². The molecule has 1 fully saturated rings. The van der Waals surface area contributed by atoms with Crippen molar-refractivity contribution < 1.29 is 9.59 Å². The number of carbonyl (C=O) groups is 2. The van der Waals surface area contributed by atoms with E-state index in [1.165, 1.54) is 45.4 Å². The van der Waals surface area contributed by atoms with Crippen LogP contribution < -0.4 is 16.0 Å². The zero-order valence-corrected chi connectivity index (χ0v) is 15.6. The normalized spacial score (nSPS) is 14.9. The Morgan fingerprint density at radius 1 is 0.852 bits per heavy atom. The molecule has 0 radical (unpaired) electrons. The van der Waals surface area contributed by atoms with E-state index in [-0.39, 0.29) is 11.8 Å². The van der Waals surface area contributed by atoms with Gasteiger partial charge in [0.15, 0.2) is 0 Å². The van der Waals surface area contributed by atoms with Crippen molar-refractivity contribution in [3.8, 4) is 0 Å². The van der Waals surface area contributed by atoms with Gasteiger partial charge < -0.3 is 16.0 Å². The molecule has 0 bridgehead atoms. The molecule has 0 atom stereocenters. The summed E-state index contributed by atoms with van der Waals surface area (Å²) in [5.41, 5.74) is 2.66. The highest BCUT2D eigenvalue weighted by atomic mass is 16.2. The van der Waals surface area contributed by atoms with Crippen LogP contribution in [0.5, 0.6) is 0 Å². The second-order valence-electron chi connectivity index (χ2n) is 6.98. The molecule has 6 nitrogen and oxygen atoms in total. The fourth-order valence-electron chi connectivity index (χ4n) is 3.31. The molecular weight excluding hydrogens is 340 g/mol. The Kier molecular flexibility index (Phi) is 6.41. The van der Waals surface area contributed by atoms with Crippen molar-refractivity contribution in [3.05, 3.63) is 48.3 Å². The quantitative estimate of drug-likeness (QED) is 0.684. The molecule has 0 saturated heterocycles. The maximum absolute atomic E-state index is 12.4. The number of nitrogens with zero attached hydrogens (tertiary/aromatic N) is 1. The van der Waals surface area contributed by atoms with Crippen molar-refractivity contribution in [2.45, 2.75) is 51.5 Å². The van der Waals surface area contributed by atoms with Crippen LogP contribution in [0, 0.1) is 0 Å². The number of amides is 2.